The average Bonchev–Trinajstić information content (AvgIpc) is 2.69. The summed E-state index contributed by atoms with van der Waals surface area (Å²) in [6.07, 6.45) is 8.78. The summed E-state index contributed by atoms with van der Waals surface area (Å²) in [4.78, 5) is 0. The average molecular weight is 198 g/mol. The van der Waals surface area contributed by atoms with E-state index in [4.69, 9.17) is 9.47 Å². The van der Waals surface area contributed by atoms with Crippen LogP contribution in [0.5, 0.6) is 0 Å². The number of fused-ring (bicyclic) bond motifs is 1. The molecule has 2 aliphatic rings. The fraction of sp³-hybridized carbons (Fsp3) is 1.00. The van der Waals surface area contributed by atoms with E-state index in [-0.39, 0.29) is 5.79 Å². The van der Waals surface area contributed by atoms with E-state index in [1.54, 1.807) is 0 Å². The smallest absolute Gasteiger partial charge is 0.173 e. The summed E-state index contributed by atoms with van der Waals surface area (Å²) in [7, 11) is 1.82. The third kappa shape index (κ3) is 1.31. The second-order valence-corrected chi connectivity index (χ2v) is 4.79. The molecule has 1 aliphatic carbocycles. The van der Waals surface area contributed by atoms with Crippen LogP contribution in [0.3, 0.4) is 0 Å². The van der Waals surface area contributed by atoms with Gasteiger partial charge in [-0.1, -0.05) is 19.8 Å². The zero-order valence-electron chi connectivity index (χ0n) is 9.47. The Morgan fingerprint density at radius 1 is 1.29 bits per heavy atom. The fourth-order valence-electron chi connectivity index (χ4n) is 3.40. The summed E-state index contributed by atoms with van der Waals surface area (Å²) in [5, 5.41) is 0. The first kappa shape index (κ1) is 10.4. The van der Waals surface area contributed by atoms with Crippen LogP contribution < -0.4 is 0 Å². The number of methoxy groups -OCH3 is 1. The Hall–Kier alpha value is -0.0800. The summed E-state index contributed by atoms with van der Waals surface area (Å²) in [5.41, 5.74) is 0.359. The van der Waals surface area contributed by atoms with Gasteiger partial charge in [-0.2, -0.15) is 0 Å². The third-order valence-electron chi connectivity index (χ3n) is 4.22. The minimum Gasteiger partial charge on any atom is -0.353 e. The number of ether oxygens (including phenoxy) is 2. The molecular weight excluding hydrogens is 176 g/mol. The first-order valence-electron chi connectivity index (χ1n) is 5.98. The maximum atomic E-state index is 5.89. The van der Waals surface area contributed by atoms with Gasteiger partial charge in [0.05, 0.1) is 6.61 Å². The molecule has 2 nitrogen and oxygen atoms in total. The molecule has 0 radical (unpaired) electrons. The molecule has 0 aromatic rings. The molecular formula is C12H22O2. The van der Waals surface area contributed by atoms with E-state index in [1.165, 1.54) is 38.5 Å². The molecule has 0 spiro atoms. The SMILES string of the molecule is CCCCC12CCCC1(OC)OCC2. The van der Waals surface area contributed by atoms with Crippen molar-refractivity contribution < 1.29 is 9.47 Å². The van der Waals surface area contributed by atoms with Crippen molar-refractivity contribution in [1.82, 2.24) is 0 Å². The van der Waals surface area contributed by atoms with E-state index < -0.39 is 0 Å². The number of hydrogen-bond donors (Lipinski definition) is 0. The Balaban J connectivity index is 2.13. The Labute approximate surface area is 87.0 Å². The van der Waals surface area contributed by atoms with Gasteiger partial charge in [-0.25, -0.2) is 0 Å². The van der Waals surface area contributed by atoms with Gasteiger partial charge in [-0.15, -0.1) is 0 Å². The van der Waals surface area contributed by atoms with E-state index in [9.17, 15) is 0 Å². The van der Waals surface area contributed by atoms with Crippen molar-refractivity contribution in [3.05, 3.63) is 0 Å². The summed E-state index contributed by atoms with van der Waals surface area (Å²) >= 11 is 0. The van der Waals surface area contributed by atoms with Crippen LogP contribution in [0.25, 0.3) is 0 Å². The maximum absolute atomic E-state index is 5.89. The predicted molar refractivity (Wildman–Crippen MR) is 56.1 cm³/mol. The van der Waals surface area contributed by atoms with Crippen molar-refractivity contribution in [1.29, 1.82) is 0 Å². The lowest BCUT2D eigenvalue weighted by molar-refractivity contribution is -0.233. The Morgan fingerprint density at radius 2 is 2.14 bits per heavy atom. The minimum absolute atomic E-state index is 0.206. The fourth-order valence-corrected chi connectivity index (χ4v) is 3.40. The van der Waals surface area contributed by atoms with Crippen molar-refractivity contribution in [2.24, 2.45) is 5.41 Å². The van der Waals surface area contributed by atoms with Crippen LogP contribution in [-0.4, -0.2) is 19.5 Å². The zero-order valence-corrected chi connectivity index (χ0v) is 9.47. The van der Waals surface area contributed by atoms with Crippen molar-refractivity contribution in [3.8, 4) is 0 Å². The Morgan fingerprint density at radius 3 is 2.86 bits per heavy atom. The van der Waals surface area contributed by atoms with Crippen molar-refractivity contribution in [2.75, 3.05) is 13.7 Å². The highest BCUT2D eigenvalue weighted by atomic mass is 16.7. The number of hydrogen-bond acceptors (Lipinski definition) is 2. The van der Waals surface area contributed by atoms with Gasteiger partial charge >= 0.3 is 0 Å². The molecule has 14 heavy (non-hydrogen) atoms. The molecule has 1 saturated heterocycles. The highest BCUT2D eigenvalue weighted by molar-refractivity contribution is 5.02. The minimum atomic E-state index is -0.206. The summed E-state index contributed by atoms with van der Waals surface area (Å²) in [5.74, 6) is -0.206. The van der Waals surface area contributed by atoms with E-state index in [0.717, 1.165) is 13.0 Å². The molecule has 82 valence electrons. The lowest BCUT2D eigenvalue weighted by Crippen LogP contribution is -2.42. The molecule has 1 heterocycles. The van der Waals surface area contributed by atoms with Crippen molar-refractivity contribution in [3.63, 3.8) is 0 Å². The van der Waals surface area contributed by atoms with Crippen LogP contribution >= 0.6 is 0 Å². The quantitative estimate of drug-likeness (QED) is 0.691. The zero-order chi connectivity index (χ0) is 10.1. The molecule has 2 fully saturated rings. The van der Waals surface area contributed by atoms with Gasteiger partial charge in [0.2, 0.25) is 0 Å². The summed E-state index contributed by atoms with van der Waals surface area (Å²) in [6.45, 7) is 3.16. The molecule has 2 rings (SSSR count). The van der Waals surface area contributed by atoms with Gasteiger partial charge in [0, 0.05) is 18.9 Å². The van der Waals surface area contributed by atoms with E-state index >= 15 is 0 Å². The van der Waals surface area contributed by atoms with Gasteiger partial charge in [-0.3, -0.25) is 0 Å². The molecule has 2 atom stereocenters. The lowest BCUT2D eigenvalue weighted by atomic mass is 9.76. The largest absolute Gasteiger partial charge is 0.353 e. The molecule has 1 aliphatic heterocycles. The third-order valence-corrected chi connectivity index (χ3v) is 4.22. The summed E-state index contributed by atoms with van der Waals surface area (Å²) in [6, 6.07) is 0. The lowest BCUT2D eigenvalue weighted by Gasteiger charge is -2.38. The van der Waals surface area contributed by atoms with Gasteiger partial charge in [0.15, 0.2) is 5.79 Å². The van der Waals surface area contributed by atoms with Crippen LogP contribution in [0, 0.1) is 5.41 Å². The van der Waals surface area contributed by atoms with Crippen LogP contribution in [0.1, 0.15) is 51.9 Å². The van der Waals surface area contributed by atoms with Crippen LogP contribution in [0.15, 0.2) is 0 Å². The standard InChI is InChI=1S/C12H22O2/c1-3-4-6-11-7-5-8-12(11,13-2)14-10-9-11/h3-10H2,1-2H3. The molecule has 0 bridgehead atoms. The molecule has 0 aromatic carbocycles. The van der Waals surface area contributed by atoms with Gasteiger partial charge < -0.3 is 9.47 Å². The second-order valence-electron chi connectivity index (χ2n) is 4.79. The molecule has 2 heteroatoms. The maximum Gasteiger partial charge on any atom is 0.173 e. The second kappa shape index (κ2) is 3.82. The van der Waals surface area contributed by atoms with E-state index in [2.05, 4.69) is 6.92 Å². The van der Waals surface area contributed by atoms with Gasteiger partial charge in [0.25, 0.3) is 0 Å². The van der Waals surface area contributed by atoms with Gasteiger partial charge in [-0.05, 0) is 25.7 Å². The van der Waals surface area contributed by atoms with Crippen LogP contribution in [-0.2, 0) is 9.47 Å². The first-order chi connectivity index (χ1) is 6.79. The molecule has 0 aromatic heterocycles. The topological polar surface area (TPSA) is 18.5 Å². The highest BCUT2D eigenvalue weighted by Gasteiger charge is 2.59. The first-order valence-corrected chi connectivity index (χ1v) is 5.98. The molecule has 0 amide bonds. The van der Waals surface area contributed by atoms with E-state index in [1.807, 2.05) is 7.11 Å². The highest BCUT2D eigenvalue weighted by Crippen LogP contribution is 2.58. The summed E-state index contributed by atoms with van der Waals surface area (Å²) < 4.78 is 11.6. The monoisotopic (exact) mass is 198 g/mol. The van der Waals surface area contributed by atoms with Crippen molar-refractivity contribution >= 4 is 0 Å². The number of rotatable bonds is 4. The normalized spacial score (nSPS) is 41.6. The molecule has 2 unspecified atom stereocenters. The van der Waals surface area contributed by atoms with Gasteiger partial charge in [0.1, 0.15) is 0 Å². The predicted octanol–water partition coefficient (Wildman–Crippen LogP) is 3.11. The molecule has 0 N–H and O–H groups in total. The van der Waals surface area contributed by atoms with E-state index in [0.29, 0.717) is 5.41 Å². The van der Waals surface area contributed by atoms with Crippen molar-refractivity contribution in [2.45, 2.75) is 57.7 Å². The van der Waals surface area contributed by atoms with Crippen LogP contribution in [0.2, 0.25) is 0 Å². The molecule has 1 saturated carbocycles. The Kier molecular flexibility index (Phi) is 2.85. The number of unbranched alkanes of at least 4 members (excludes halogenated alkanes) is 1. The van der Waals surface area contributed by atoms with Crippen LogP contribution in [0.4, 0.5) is 0 Å². The Bertz CT molecular complexity index is 190.